The van der Waals surface area contributed by atoms with Crippen LogP contribution in [-0.4, -0.2) is 43.6 Å². The molecule has 4 N–H and O–H groups in total. The second-order valence-corrected chi connectivity index (χ2v) is 10.2. The smallest absolute Gasteiger partial charge is 0.191 e. The number of carbonyl (C=O) groups is 4. The number of fused-ring (bicyclic) bond motifs is 2. The van der Waals surface area contributed by atoms with Crippen molar-refractivity contribution in [3.63, 3.8) is 0 Å². The predicted molar refractivity (Wildman–Crippen MR) is 130 cm³/mol. The van der Waals surface area contributed by atoms with Crippen LogP contribution >= 0.6 is 0 Å². The van der Waals surface area contributed by atoms with Gasteiger partial charge in [-0.05, 0) is 30.9 Å². The summed E-state index contributed by atoms with van der Waals surface area (Å²) < 4.78 is 0. The van der Waals surface area contributed by atoms with E-state index in [2.05, 4.69) is 0 Å². The van der Waals surface area contributed by atoms with Crippen molar-refractivity contribution in [1.29, 1.82) is 0 Å². The molecule has 0 saturated heterocycles. The van der Waals surface area contributed by atoms with Crippen molar-refractivity contribution < 1.29 is 39.6 Å². The first-order chi connectivity index (χ1) is 16.7. The van der Waals surface area contributed by atoms with Crippen LogP contribution in [0.5, 0.6) is 23.0 Å². The molecule has 0 saturated carbocycles. The van der Waals surface area contributed by atoms with Crippen LogP contribution in [0.15, 0.2) is 23.3 Å². The van der Waals surface area contributed by atoms with Gasteiger partial charge in [0.25, 0.3) is 0 Å². The first-order valence-corrected chi connectivity index (χ1v) is 11.8. The topological polar surface area (TPSA) is 149 Å². The summed E-state index contributed by atoms with van der Waals surface area (Å²) in [6.45, 7) is 9.73. The number of Topliss-reactive ketones (excluding diaryl/α,β-unsaturated/α-hetero) is 4. The van der Waals surface area contributed by atoms with E-state index < -0.39 is 63.9 Å². The van der Waals surface area contributed by atoms with Crippen molar-refractivity contribution in [3.05, 3.63) is 56.7 Å². The van der Waals surface area contributed by atoms with Gasteiger partial charge in [0.2, 0.25) is 0 Å². The Morgan fingerprint density at radius 3 is 1.67 bits per heavy atom. The monoisotopic (exact) mass is 492 g/mol. The maximum Gasteiger partial charge on any atom is 0.191 e. The molecular weight excluding hydrogens is 464 g/mol. The van der Waals surface area contributed by atoms with Gasteiger partial charge in [0.05, 0.1) is 5.92 Å². The minimum atomic E-state index is -1.31. The normalized spacial score (nSPS) is 19.9. The molecule has 0 amide bonds. The van der Waals surface area contributed by atoms with Crippen LogP contribution in [0.25, 0.3) is 0 Å². The van der Waals surface area contributed by atoms with Crippen LogP contribution in [0, 0.1) is 11.8 Å². The molecule has 8 nitrogen and oxygen atoms in total. The molecule has 0 fully saturated rings. The molecule has 188 valence electrons. The number of allylic oxidation sites excluding steroid dienone is 2. The molecule has 2 aromatic rings. The van der Waals surface area contributed by atoms with E-state index in [1.165, 1.54) is 13.8 Å². The number of hydrogen-bond acceptors (Lipinski definition) is 8. The van der Waals surface area contributed by atoms with Gasteiger partial charge < -0.3 is 20.4 Å². The van der Waals surface area contributed by atoms with Crippen molar-refractivity contribution >= 4 is 23.1 Å². The number of aromatic hydroxyl groups is 4. The minimum Gasteiger partial charge on any atom is -0.504 e. The van der Waals surface area contributed by atoms with Gasteiger partial charge in [0.15, 0.2) is 46.1 Å². The lowest BCUT2D eigenvalue weighted by atomic mass is 9.65. The number of phenols is 4. The lowest BCUT2D eigenvalue weighted by Crippen LogP contribution is -2.41. The van der Waals surface area contributed by atoms with Gasteiger partial charge in [-0.2, -0.15) is 0 Å². The largest absolute Gasteiger partial charge is 0.504 e. The third-order valence-corrected chi connectivity index (χ3v) is 7.27. The third kappa shape index (κ3) is 3.27. The average Bonchev–Trinajstić information content (AvgIpc) is 2.80. The van der Waals surface area contributed by atoms with Gasteiger partial charge in [0.1, 0.15) is 0 Å². The molecule has 36 heavy (non-hydrogen) atoms. The van der Waals surface area contributed by atoms with Crippen LogP contribution in [0.1, 0.15) is 106 Å². The minimum absolute atomic E-state index is 0.00643. The lowest BCUT2D eigenvalue weighted by molar-refractivity contribution is 0.0756. The fourth-order valence-corrected chi connectivity index (χ4v) is 5.52. The Morgan fingerprint density at radius 1 is 0.694 bits per heavy atom. The Bertz CT molecular complexity index is 1420. The number of ketones is 4. The zero-order valence-corrected chi connectivity index (χ0v) is 20.9. The van der Waals surface area contributed by atoms with Gasteiger partial charge in [-0.1, -0.05) is 34.6 Å². The van der Waals surface area contributed by atoms with E-state index in [1.807, 2.05) is 0 Å². The Morgan fingerprint density at radius 2 is 1.17 bits per heavy atom. The zero-order chi connectivity index (χ0) is 27.0. The van der Waals surface area contributed by atoms with Crippen molar-refractivity contribution in [2.45, 2.75) is 53.4 Å². The number of benzene rings is 2. The fourth-order valence-electron chi connectivity index (χ4n) is 5.52. The number of hydrogen-bond donors (Lipinski definition) is 4. The van der Waals surface area contributed by atoms with Crippen LogP contribution in [-0.2, 0) is 0 Å². The highest BCUT2D eigenvalue weighted by Gasteiger charge is 2.48. The van der Waals surface area contributed by atoms with Gasteiger partial charge in [-0.25, -0.2) is 0 Å². The molecule has 2 aromatic carbocycles. The number of rotatable bonds is 3. The summed E-state index contributed by atoms with van der Waals surface area (Å²) in [4.78, 5) is 54.6. The molecule has 2 aliphatic carbocycles. The molecule has 2 atom stereocenters. The zero-order valence-electron chi connectivity index (χ0n) is 20.9. The molecular formula is C28H28O8. The van der Waals surface area contributed by atoms with Crippen molar-refractivity contribution in [3.8, 4) is 23.0 Å². The summed E-state index contributed by atoms with van der Waals surface area (Å²) in [5, 5.41) is 41.4. The Hall–Kier alpha value is -3.94. The van der Waals surface area contributed by atoms with Crippen LogP contribution in [0.2, 0.25) is 0 Å². The lowest BCUT2D eigenvalue weighted by Gasteiger charge is -2.34. The molecule has 2 unspecified atom stereocenters. The summed E-state index contributed by atoms with van der Waals surface area (Å²) in [6.07, 6.45) is 0. The molecule has 0 bridgehead atoms. The molecule has 0 radical (unpaired) electrons. The van der Waals surface area contributed by atoms with Crippen LogP contribution in [0.4, 0.5) is 0 Å². The molecule has 0 spiro atoms. The first-order valence-electron chi connectivity index (χ1n) is 11.8. The standard InChI is InChI=1S/C28H28O8/c1-9(2)17-21-13(7-15(29)27(17)35)25(33)19(11(5)23(21)31)20-12(6)24(32)22-14(26(20)34)8-16(30)28(36)18(22)10(3)4/h7-11,19,29-30,35-36H,1-6H3. The Kier molecular flexibility index (Phi) is 5.82. The molecule has 0 aromatic heterocycles. The van der Waals surface area contributed by atoms with Crippen molar-refractivity contribution in [2.75, 3.05) is 0 Å². The number of phenolic OH excluding ortho intramolecular Hbond substituents is 4. The van der Waals surface area contributed by atoms with Crippen LogP contribution in [0.3, 0.4) is 0 Å². The summed E-state index contributed by atoms with van der Waals surface area (Å²) in [6, 6.07) is 2.03. The van der Waals surface area contributed by atoms with Crippen LogP contribution < -0.4 is 0 Å². The Balaban J connectivity index is 1.98. The molecule has 8 heteroatoms. The highest BCUT2D eigenvalue weighted by atomic mass is 16.3. The predicted octanol–water partition coefficient (Wildman–Crippen LogP) is 4.78. The van der Waals surface area contributed by atoms with Crippen molar-refractivity contribution in [2.24, 2.45) is 11.8 Å². The molecule has 0 aliphatic heterocycles. The van der Waals surface area contributed by atoms with Gasteiger partial charge in [0, 0.05) is 50.4 Å². The summed E-state index contributed by atoms with van der Waals surface area (Å²) in [5.41, 5.74) is -0.175. The summed E-state index contributed by atoms with van der Waals surface area (Å²) in [7, 11) is 0. The summed E-state index contributed by atoms with van der Waals surface area (Å²) in [5.74, 6) is -7.59. The molecule has 2 aliphatic rings. The van der Waals surface area contributed by atoms with E-state index in [1.54, 1.807) is 27.7 Å². The number of carbonyl (C=O) groups excluding carboxylic acids is 4. The van der Waals surface area contributed by atoms with E-state index in [0.29, 0.717) is 0 Å². The van der Waals surface area contributed by atoms with E-state index in [0.717, 1.165) is 12.1 Å². The van der Waals surface area contributed by atoms with E-state index in [4.69, 9.17) is 0 Å². The van der Waals surface area contributed by atoms with Gasteiger partial charge in [-0.15, -0.1) is 0 Å². The SMILES string of the molecule is CC1=C(C2C(=O)c3cc(O)c(O)c(C(C)C)c3C(=O)C2C)C(=O)c2cc(O)c(O)c(C(C)C)c2C1=O. The second-order valence-electron chi connectivity index (χ2n) is 10.2. The fraction of sp³-hybridized carbons (Fsp3) is 0.357. The first kappa shape index (κ1) is 25.2. The van der Waals surface area contributed by atoms with Gasteiger partial charge >= 0.3 is 0 Å². The van der Waals surface area contributed by atoms with Crippen molar-refractivity contribution in [1.82, 2.24) is 0 Å². The molecule has 0 heterocycles. The highest BCUT2D eigenvalue weighted by Crippen LogP contribution is 2.48. The Labute approximate surface area is 207 Å². The maximum absolute atomic E-state index is 13.8. The average molecular weight is 493 g/mol. The quantitative estimate of drug-likeness (QED) is 0.447. The highest BCUT2D eigenvalue weighted by molar-refractivity contribution is 6.31. The molecule has 4 rings (SSSR count). The second kappa shape index (κ2) is 8.33. The van der Waals surface area contributed by atoms with E-state index in [-0.39, 0.29) is 50.4 Å². The van der Waals surface area contributed by atoms with Gasteiger partial charge in [-0.3, -0.25) is 19.2 Å². The maximum atomic E-state index is 13.8. The van der Waals surface area contributed by atoms with E-state index >= 15 is 0 Å². The van der Waals surface area contributed by atoms with E-state index in [9.17, 15) is 39.6 Å². The summed E-state index contributed by atoms with van der Waals surface area (Å²) >= 11 is 0. The third-order valence-electron chi connectivity index (χ3n) is 7.27.